The molecule has 0 aliphatic carbocycles. The van der Waals surface area contributed by atoms with Crippen molar-refractivity contribution in [1.29, 1.82) is 0 Å². The molecule has 40 heavy (non-hydrogen) atoms. The van der Waals surface area contributed by atoms with Gasteiger partial charge in [-0.3, -0.25) is 0 Å². The Morgan fingerprint density at radius 2 is 1.60 bits per heavy atom. The second-order valence-corrected chi connectivity index (χ2v) is 13.3. The summed E-state index contributed by atoms with van der Waals surface area (Å²) in [6.07, 6.45) is 2.48. The summed E-state index contributed by atoms with van der Waals surface area (Å²) in [5.74, 6) is 0.694. The molecule has 0 aliphatic rings. The first-order chi connectivity index (χ1) is 19.1. The van der Waals surface area contributed by atoms with Crippen LogP contribution in [0.3, 0.4) is 0 Å². The monoisotopic (exact) mass is 580 g/mol. The zero-order chi connectivity index (χ0) is 28.3. The van der Waals surface area contributed by atoms with Crippen LogP contribution < -0.4 is 10.6 Å². The second-order valence-electron chi connectivity index (χ2n) is 9.11. The molecule has 3 aromatic carbocycles. The normalized spacial score (nSPS) is 12.1. The zero-order valence-corrected chi connectivity index (χ0v) is 23.0. The summed E-state index contributed by atoms with van der Waals surface area (Å²) in [5.41, 5.74) is 1.16. The van der Waals surface area contributed by atoms with Crippen molar-refractivity contribution in [1.82, 2.24) is 15.3 Å². The van der Waals surface area contributed by atoms with Crippen LogP contribution in [0.5, 0.6) is 0 Å². The largest absolute Gasteiger partial charge is 0.460 e. The van der Waals surface area contributed by atoms with Gasteiger partial charge < -0.3 is 15.1 Å². The number of nitrogens with zero attached hydrogens (tertiary/aromatic N) is 2. The van der Waals surface area contributed by atoms with Crippen molar-refractivity contribution >= 4 is 42.1 Å². The number of nitrogens with one attached hydrogen (secondary N) is 2. The maximum atomic E-state index is 15.0. The molecule has 0 unspecified atom stereocenters. The average Bonchev–Trinajstić information content (AvgIpc) is 3.40. The molecule has 0 saturated carbocycles. The fourth-order valence-corrected chi connectivity index (χ4v) is 5.84. The Hall–Kier alpha value is -4.13. The van der Waals surface area contributed by atoms with Gasteiger partial charge in [0.15, 0.2) is 0 Å². The van der Waals surface area contributed by atoms with Gasteiger partial charge in [-0.2, -0.15) is 0 Å². The van der Waals surface area contributed by atoms with Crippen molar-refractivity contribution in [3.8, 4) is 11.3 Å². The summed E-state index contributed by atoms with van der Waals surface area (Å²) >= 11 is 0. The molecule has 0 atom stereocenters. The van der Waals surface area contributed by atoms with Crippen LogP contribution in [0.2, 0.25) is 0 Å². The molecule has 5 rings (SSSR count). The van der Waals surface area contributed by atoms with E-state index < -0.39 is 25.5 Å². The van der Waals surface area contributed by atoms with Crippen LogP contribution in [-0.4, -0.2) is 45.4 Å². The Balaban J connectivity index is 1.37. The predicted octanol–water partition coefficient (Wildman–Crippen LogP) is 4.74. The Kier molecular flexibility index (Phi) is 7.66. The van der Waals surface area contributed by atoms with Crippen LogP contribution in [-0.2, 0) is 26.2 Å². The Morgan fingerprint density at radius 3 is 2.33 bits per heavy atom. The highest BCUT2D eigenvalue weighted by atomic mass is 32.2. The Bertz CT molecular complexity index is 1880. The van der Waals surface area contributed by atoms with Crippen LogP contribution in [0.15, 0.2) is 99.4 Å². The van der Waals surface area contributed by atoms with E-state index in [9.17, 15) is 16.8 Å². The molecule has 9 nitrogen and oxygen atoms in total. The molecule has 0 amide bonds. The second kappa shape index (κ2) is 11.2. The fourth-order valence-electron chi connectivity index (χ4n) is 4.04. The summed E-state index contributed by atoms with van der Waals surface area (Å²) in [7, 11) is -6.73. The summed E-state index contributed by atoms with van der Waals surface area (Å²) in [6.45, 7) is 0.557. The predicted molar refractivity (Wildman–Crippen MR) is 150 cm³/mol. The minimum atomic E-state index is -3.65. The van der Waals surface area contributed by atoms with Crippen molar-refractivity contribution in [3.05, 3.63) is 96.8 Å². The van der Waals surface area contributed by atoms with Crippen molar-refractivity contribution in [2.45, 2.75) is 16.3 Å². The van der Waals surface area contributed by atoms with Crippen LogP contribution >= 0.6 is 0 Å². The lowest BCUT2D eigenvalue weighted by atomic mass is 10.1. The molecule has 5 aromatic rings. The molecule has 2 aromatic heterocycles. The highest BCUT2D eigenvalue weighted by Gasteiger charge is 2.18. The summed E-state index contributed by atoms with van der Waals surface area (Å²) in [5, 5.41) is 6.68. The van der Waals surface area contributed by atoms with Crippen LogP contribution in [0, 0.1) is 5.82 Å². The van der Waals surface area contributed by atoms with E-state index in [-0.39, 0.29) is 34.2 Å². The fraction of sp³-hybridized carbons (Fsp3) is 0.143. The Labute approximate surface area is 230 Å². The smallest absolute Gasteiger partial charge is 0.206 e. The number of fused-ring (bicyclic) bond motifs is 1. The van der Waals surface area contributed by atoms with Gasteiger partial charge in [-0.15, -0.1) is 0 Å². The molecule has 0 bridgehead atoms. The minimum Gasteiger partial charge on any atom is -0.460 e. The molecule has 0 fully saturated rings. The van der Waals surface area contributed by atoms with Crippen molar-refractivity contribution < 1.29 is 25.6 Å². The third-order valence-corrected chi connectivity index (χ3v) is 8.81. The molecule has 0 spiro atoms. The molecular weight excluding hydrogens is 555 g/mol. The molecule has 0 saturated heterocycles. The van der Waals surface area contributed by atoms with E-state index in [1.807, 2.05) is 0 Å². The van der Waals surface area contributed by atoms with E-state index in [0.29, 0.717) is 33.9 Å². The van der Waals surface area contributed by atoms with Gasteiger partial charge in [0, 0.05) is 29.9 Å². The highest BCUT2D eigenvalue weighted by Crippen LogP contribution is 2.32. The van der Waals surface area contributed by atoms with Crippen molar-refractivity contribution in [3.63, 3.8) is 0 Å². The van der Waals surface area contributed by atoms with E-state index in [2.05, 4.69) is 20.6 Å². The van der Waals surface area contributed by atoms with Gasteiger partial charge in [-0.1, -0.05) is 18.2 Å². The minimum absolute atomic E-state index is 0.00120. The van der Waals surface area contributed by atoms with Crippen molar-refractivity contribution in [2.75, 3.05) is 23.9 Å². The maximum absolute atomic E-state index is 15.0. The SMILES string of the molecule is CS(=O)(=O)CCNCc1ccc(-c2cc3c(Nc4ccc(S(=O)(=O)c5ccccc5)cc4)ncnc3cc2F)o1. The molecule has 2 heterocycles. The van der Waals surface area contributed by atoms with E-state index in [1.54, 1.807) is 60.7 Å². The van der Waals surface area contributed by atoms with E-state index in [1.165, 1.54) is 30.8 Å². The quantitative estimate of drug-likeness (QED) is 0.225. The number of aromatic nitrogens is 2. The third-order valence-electron chi connectivity index (χ3n) is 6.08. The summed E-state index contributed by atoms with van der Waals surface area (Å²) < 4.78 is 69.2. The van der Waals surface area contributed by atoms with E-state index in [0.717, 1.165) is 0 Å². The van der Waals surface area contributed by atoms with Gasteiger partial charge in [0.25, 0.3) is 0 Å². The van der Waals surface area contributed by atoms with Gasteiger partial charge in [-0.25, -0.2) is 31.2 Å². The average molecular weight is 581 g/mol. The lowest BCUT2D eigenvalue weighted by Crippen LogP contribution is -2.21. The molecule has 0 radical (unpaired) electrons. The molecule has 206 valence electrons. The number of benzene rings is 3. The van der Waals surface area contributed by atoms with Gasteiger partial charge in [0.05, 0.1) is 33.2 Å². The molecule has 12 heteroatoms. The van der Waals surface area contributed by atoms with Crippen LogP contribution in [0.25, 0.3) is 22.2 Å². The third kappa shape index (κ3) is 6.19. The van der Waals surface area contributed by atoms with Crippen LogP contribution in [0.1, 0.15) is 5.76 Å². The number of rotatable bonds is 10. The van der Waals surface area contributed by atoms with Crippen molar-refractivity contribution in [2.24, 2.45) is 0 Å². The lowest BCUT2D eigenvalue weighted by Gasteiger charge is -2.11. The highest BCUT2D eigenvalue weighted by molar-refractivity contribution is 7.91. The van der Waals surface area contributed by atoms with Gasteiger partial charge >= 0.3 is 0 Å². The first-order valence-electron chi connectivity index (χ1n) is 12.2. The first kappa shape index (κ1) is 27.4. The number of hydrogen-bond donors (Lipinski definition) is 2. The Morgan fingerprint density at radius 1 is 0.875 bits per heavy atom. The van der Waals surface area contributed by atoms with Crippen LogP contribution in [0.4, 0.5) is 15.9 Å². The van der Waals surface area contributed by atoms with Gasteiger partial charge in [0.2, 0.25) is 9.84 Å². The standard InChI is InChI=1S/C28H25FN4O5S2/c1-39(34,35)14-13-30-17-20-9-12-27(38-20)23-15-24-26(16-25(23)29)31-18-32-28(24)33-19-7-10-22(11-8-19)40(36,37)21-5-3-2-4-6-21/h2-12,15-16,18,30H,13-14,17H2,1H3,(H,31,32,33). The lowest BCUT2D eigenvalue weighted by molar-refractivity contribution is 0.494. The molecule has 2 N–H and O–H groups in total. The number of hydrogen-bond acceptors (Lipinski definition) is 9. The number of anilines is 2. The molecule has 0 aliphatic heterocycles. The molecular formula is C28H25FN4O5S2. The summed E-state index contributed by atoms with van der Waals surface area (Å²) in [6, 6.07) is 20.7. The number of sulfone groups is 2. The summed E-state index contributed by atoms with van der Waals surface area (Å²) in [4.78, 5) is 8.84. The maximum Gasteiger partial charge on any atom is 0.206 e. The van der Waals surface area contributed by atoms with E-state index >= 15 is 4.39 Å². The van der Waals surface area contributed by atoms with Gasteiger partial charge in [-0.05, 0) is 54.6 Å². The number of furan rings is 1. The van der Waals surface area contributed by atoms with E-state index in [4.69, 9.17) is 4.42 Å². The first-order valence-corrected chi connectivity index (χ1v) is 15.7. The topological polar surface area (TPSA) is 131 Å². The zero-order valence-electron chi connectivity index (χ0n) is 21.3. The number of halogens is 1. The van der Waals surface area contributed by atoms with Gasteiger partial charge in [0.1, 0.15) is 39.3 Å².